The Balaban J connectivity index is 1.95. The molecule has 106 valence electrons. The van der Waals surface area contributed by atoms with Crippen LogP contribution >= 0.6 is 0 Å². The number of anilines is 2. The van der Waals surface area contributed by atoms with Crippen molar-refractivity contribution in [2.75, 3.05) is 5.32 Å². The number of aryl methyl sites for hydroxylation is 1. The van der Waals surface area contributed by atoms with Crippen LogP contribution < -0.4 is 5.32 Å². The first-order valence-electron chi connectivity index (χ1n) is 6.37. The van der Waals surface area contributed by atoms with Gasteiger partial charge in [0.25, 0.3) is 0 Å². The Morgan fingerprint density at radius 1 is 1.25 bits per heavy atom. The first-order chi connectivity index (χ1) is 9.42. The molecule has 3 rings (SSSR count). The van der Waals surface area contributed by atoms with E-state index in [1.807, 2.05) is 6.92 Å². The number of alkyl halides is 3. The third kappa shape index (κ3) is 2.05. The van der Waals surface area contributed by atoms with Gasteiger partial charge in [-0.05, 0) is 37.0 Å². The molecular weight excluding hydrogens is 267 g/mol. The zero-order valence-electron chi connectivity index (χ0n) is 10.9. The van der Waals surface area contributed by atoms with Crippen molar-refractivity contribution >= 4 is 11.5 Å². The molecule has 0 amide bonds. The van der Waals surface area contributed by atoms with Gasteiger partial charge in [-0.2, -0.15) is 18.3 Å². The quantitative estimate of drug-likeness (QED) is 0.890. The van der Waals surface area contributed by atoms with Crippen molar-refractivity contribution < 1.29 is 13.2 Å². The van der Waals surface area contributed by atoms with Crippen LogP contribution in [0.25, 0.3) is 0 Å². The molecule has 3 nitrogen and oxygen atoms in total. The van der Waals surface area contributed by atoms with E-state index in [1.165, 1.54) is 0 Å². The number of aromatic amines is 1. The summed E-state index contributed by atoms with van der Waals surface area (Å²) >= 11 is 0. The first-order valence-corrected chi connectivity index (χ1v) is 6.37. The molecule has 0 atom stereocenters. The average Bonchev–Trinajstić information content (AvgIpc) is 3.05. The van der Waals surface area contributed by atoms with E-state index in [4.69, 9.17) is 0 Å². The third-order valence-electron chi connectivity index (χ3n) is 3.85. The highest BCUT2D eigenvalue weighted by Gasteiger charge is 2.64. The molecule has 2 N–H and O–H groups in total. The Hall–Kier alpha value is -1.98. The summed E-state index contributed by atoms with van der Waals surface area (Å²) in [6, 6.07) is 6.61. The molecule has 0 saturated heterocycles. The molecule has 6 heteroatoms. The number of aromatic nitrogens is 2. The first kappa shape index (κ1) is 13.0. The summed E-state index contributed by atoms with van der Waals surface area (Å²) < 4.78 is 39.5. The minimum Gasteiger partial charge on any atom is -0.339 e. The monoisotopic (exact) mass is 281 g/mol. The number of nitrogens with zero attached hydrogens (tertiary/aromatic N) is 1. The number of hydrogen-bond donors (Lipinski definition) is 2. The zero-order chi connectivity index (χ0) is 14.4. The SMILES string of the molecule is Cc1ccc(C2(C(F)(F)F)CC2)cc1Nc1cc[nH]n1. The van der Waals surface area contributed by atoms with Crippen LogP contribution in [0.5, 0.6) is 0 Å². The molecule has 1 aromatic heterocycles. The standard InChI is InChI=1S/C14H14F3N3/c1-9-2-3-10(13(5-6-13)14(15,16)17)8-11(9)19-12-4-7-18-20-12/h2-4,7-8H,5-6H2,1H3,(H2,18,19,20). The minimum absolute atomic E-state index is 0.168. The molecule has 0 bridgehead atoms. The number of H-pyrrole nitrogens is 1. The van der Waals surface area contributed by atoms with Crippen molar-refractivity contribution in [3.05, 3.63) is 41.6 Å². The molecule has 1 aliphatic rings. The van der Waals surface area contributed by atoms with E-state index in [9.17, 15) is 13.2 Å². The fraction of sp³-hybridized carbons (Fsp3) is 0.357. The van der Waals surface area contributed by atoms with Gasteiger partial charge in [-0.1, -0.05) is 12.1 Å². The molecule has 1 heterocycles. The highest BCUT2D eigenvalue weighted by Crippen LogP contribution is 2.59. The normalized spacial score (nSPS) is 17.0. The maximum Gasteiger partial charge on any atom is 0.398 e. The number of rotatable bonds is 3. The lowest BCUT2D eigenvalue weighted by atomic mass is 9.93. The smallest absolute Gasteiger partial charge is 0.339 e. The molecule has 1 saturated carbocycles. The topological polar surface area (TPSA) is 40.7 Å². The Bertz CT molecular complexity index is 613. The lowest BCUT2D eigenvalue weighted by Crippen LogP contribution is -2.28. The van der Waals surface area contributed by atoms with Gasteiger partial charge >= 0.3 is 6.18 Å². The van der Waals surface area contributed by atoms with Crippen LogP contribution in [0.1, 0.15) is 24.0 Å². The predicted molar refractivity (Wildman–Crippen MR) is 70.0 cm³/mol. The molecule has 0 unspecified atom stereocenters. The zero-order valence-corrected chi connectivity index (χ0v) is 10.9. The molecule has 0 radical (unpaired) electrons. The van der Waals surface area contributed by atoms with Crippen LogP contribution in [0.15, 0.2) is 30.5 Å². The maximum absolute atomic E-state index is 13.2. The highest BCUT2D eigenvalue weighted by atomic mass is 19.4. The summed E-state index contributed by atoms with van der Waals surface area (Å²) in [6.45, 7) is 1.85. The average molecular weight is 281 g/mol. The fourth-order valence-electron chi connectivity index (χ4n) is 2.38. The van der Waals surface area contributed by atoms with E-state index in [1.54, 1.807) is 30.5 Å². The minimum atomic E-state index is -4.19. The lowest BCUT2D eigenvalue weighted by Gasteiger charge is -2.21. The second-order valence-electron chi connectivity index (χ2n) is 5.19. The van der Waals surface area contributed by atoms with E-state index in [0.717, 1.165) is 5.56 Å². The Morgan fingerprint density at radius 2 is 2.00 bits per heavy atom. The third-order valence-corrected chi connectivity index (χ3v) is 3.85. The summed E-state index contributed by atoms with van der Waals surface area (Å²) in [7, 11) is 0. The summed E-state index contributed by atoms with van der Waals surface area (Å²) in [5, 5.41) is 9.64. The maximum atomic E-state index is 13.2. The van der Waals surface area contributed by atoms with E-state index in [-0.39, 0.29) is 12.8 Å². The Morgan fingerprint density at radius 3 is 2.55 bits per heavy atom. The lowest BCUT2D eigenvalue weighted by molar-refractivity contribution is -0.160. The fourth-order valence-corrected chi connectivity index (χ4v) is 2.38. The van der Waals surface area contributed by atoms with Crippen LogP contribution in [0.3, 0.4) is 0 Å². The van der Waals surface area contributed by atoms with E-state index >= 15 is 0 Å². The summed E-state index contributed by atoms with van der Waals surface area (Å²) in [5.41, 5.74) is 0.219. The summed E-state index contributed by atoms with van der Waals surface area (Å²) in [6.07, 6.45) is -2.20. The Labute approximate surface area is 114 Å². The van der Waals surface area contributed by atoms with Gasteiger partial charge in [0, 0.05) is 18.0 Å². The van der Waals surface area contributed by atoms with Crippen LogP contribution in [0.2, 0.25) is 0 Å². The molecule has 2 aromatic rings. The van der Waals surface area contributed by atoms with Crippen LogP contribution in [-0.2, 0) is 5.41 Å². The molecule has 1 fully saturated rings. The largest absolute Gasteiger partial charge is 0.398 e. The van der Waals surface area contributed by atoms with Gasteiger partial charge in [0.05, 0.1) is 5.41 Å². The van der Waals surface area contributed by atoms with Crippen molar-refractivity contribution in [3.8, 4) is 0 Å². The van der Waals surface area contributed by atoms with E-state index in [0.29, 0.717) is 17.1 Å². The van der Waals surface area contributed by atoms with Crippen molar-refractivity contribution in [1.29, 1.82) is 0 Å². The van der Waals surface area contributed by atoms with Gasteiger partial charge in [0.1, 0.15) is 0 Å². The molecule has 1 aliphatic carbocycles. The van der Waals surface area contributed by atoms with Crippen molar-refractivity contribution in [2.24, 2.45) is 0 Å². The van der Waals surface area contributed by atoms with Crippen LogP contribution in [-0.4, -0.2) is 16.4 Å². The predicted octanol–water partition coefficient (Wildman–Crippen LogP) is 4.06. The number of halogens is 3. The van der Waals surface area contributed by atoms with Gasteiger partial charge in [0.15, 0.2) is 5.82 Å². The molecule has 1 aromatic carbocycles. The molecule has 0 aliphatic heterocycles. The van der Waals surface area contributed by atoms with Crippen LogP contribution in [0.4, 0.5) is 24.7 Å². The van der Waals surface area contributed by atoms with Crippen molar-refractivity contribution in [3.63, 3.8) is 0 Å². The number of benzene rings is 1. The van der Waals surface area contributed by atoms with Gasteiger partial charge in [0.2, 0.25) is 0 Å². The highest BCUT2D eigenvalue weighted by molar-refractivity contribution is 5.62. The molecule has 0 spiro atoms. The van der Waals surface area contributed by atoms with E-state index < -0.39 is 11.6 Å². The summed E-state index contributed by atoms with van der Waals surface area (Å²) in [4.78, 5) is 0. The second-order valence-corrected chi connectivity index (χ2v) is 5.19. The van der Waals surface area contributed by atoms with Crippen molar-refractivity contribution in [2.45, 2.75) is 31.4 Å². The van der Waals surface area contributed by atoms with Gasteiger partial charge < -0.3 is 5.32 Å². The molecule has 20 heavy (non-hydrogen) atoms. The Kier molecular flexibility index (Phi) is 2.77. The van der Waals surface area contributed by atoms with Gasteiger partial charge in [-0.15, -0.1) is 0 Å². The van der Waals surface area contributed by atoms with E-state index in [2.05, 4.69) is 15.5 Å². The van der Waals surface area contributed by atoms with Crippen molar-refractivity contribution in [1.82, 2.24) is 10.2 Å². The van der Waals surface area contributed by atoms with Gasteiger partial charge in [-0.25, -0.2) is 0 Å². The number of hydrogen-bond acceptors (Lipinski definition) is 2. The summed E-state index contributed by atoms with van der Waals surface area (Å²) in [5.74, 6) is 0.585. The number of nitrogens with one attached hydrogen (secondary N) is 2. The van der Waals surface area contributed by atoms with Crippen LogP contribution in [0, 0.1) is 6.92 Å². The molecular formula is C14H14F3N3. The van der Waals surface area contributed by atoms with Gasteiger partial charge in [-0.3, -0.25) is 5.10 Å². The second kappa shape index (κ2) is 4.26.